The summed E-state index contributed by atoms with van der Waals surface area (Å²) in [5.74, 6) is 0. The molecule has 2 nitrogen and oxygen atoms in total. The van der Waals surface area contributed by atoms with Crippen molar-refractivity contribution in [1.82, 2.24) is 0 Å². The van der Waals surface area contributed by atoms with E-state index in [1.807, 2.05) is 42.5 Å². The number of thiocarbonyl (C=S) groups is 1. The van der Waals surface area contributed by atoms with Crippen LogP contribution in [-0.4, -0.2) is 4.99 Å². The van der Waals surface area contributed by atoms with Crippen LogP contribution in [0.3, 0.4) is 0 Å². The highest BCUT2D eigenvalue weighted by Crippen LogP contribution is 2.33. The predicted molar refractivity (Wildman–Crippen MR) is 76.5 cm³/mol. The monoisotopic (exact) mass is 260 g/mol. The summed E-state index contributed by atoms with van der Waals surface area (Å²) < 4.78 is 0. The van der Waals surface area contributed by atoms with Gasteiger partial charge in [-0.3, -0.25) is 0 Å². The number of anilines is 3. The molecule has 0 spiro atoms. The number of para-hydroxylation sites is 1. The summed E-state index contributed by atoms with van der Waals surface area (Å²) in [5, 5.41) is 7.25. The average Bonchev–Trinajstić information content (AvgIpc) is 2.46. The minimum Gasteiger partial charge on any atom is -0.353 e. The Bertz CT molecular complexity index is 610. The number of fused-ring (bicyclic) bond motifs is 2. The van der Waals surface area contributed by atoms with Crippen molar-refractivity contribution in [3.63, 3.8) is 0 Å². The maximum atomic E-state index is 5.99. The lowest BCUT2D eigenvalue weighted by molar-refractivity contribution is 1.56. The molecule has 0 aromatic heterocycles. The second kappa shape index (κ2) is 4.02. The molecule has 2 aromatic rings. The summed E-state index contributed by atoms with van der Waals surface area (Å²) in [6.45, 7) is 0. The van der Waals surface area contributed by atoms with Crippen molar-refractivity contribution in [2.45, 2.75) is 0 Å². The van der Waals surface area contributed by atoms with Gasteiger partial charge in [0.15, 0.2) is 0 Å². The van der Waals surface area contributed by atoms with Gasteiger partial charge in [-0.1, -0.05) is 36.0 Å². The fourth-order valence-electron chi connectivity index (χ4n) is 1.85. The molecule has 0 radical (unpaired) electrons. The Balaban J connectivity index is 2.18. The van der Waals surface area contributed by atoms with Crippen molar-refractivity contribution in [2.24, 2.45) is 0 Å². The van der Waals surface area contributed by atoms with Gasteiger partial charge in [0.1, 0.15) is 4.99 Å². The van der Waals surface area contributed by atoms with Gasteiger partial charge in [-0.2, -0.15) is 0 Å². The molecule has 2 N–H and O–H groups in total. The van der Waals surface area contributed by atoms with E-state index >= 15 is 0 Å². The van der Waals surface area contributed by atoms with Gasteiger partial charge >= 0.3 is 0 Å². The lowest BCUT2D eigenvalue weighted by Crippen LogP contribution is -2.08. The lowest BCUT2D eigenvalue weighted by Gasteiger charge is -2.08. The zero-order chi connectivity index (χ0) is 11.8. The molecule has 0 fully saturated rings. The van der Waals surface area contributed by atoms with Gasteiger partial charge in [-0.25, -0.2) is 0 Å². The first-order valence-electron chi connectivity index (χ1n) is 5.21. The fourth-order valence-corrected chi connectivity index (χ4v) is 2.31. The first kappa shape index (κ1) is 10.6. The minimum atomic E-state index is 0.698. The Labute approximate surface area is 110 Å². The molecular weight excluding hydrogens is 252 g/mol. The second-order valence-corrected chi connectivity index (χ2v) is 4.66. The third kappa shape index (κ3) is 1.88. The van der Waals surface area contributed by atoms with Gasteiger partial charge in [0.25, 0.3) is 0 Å². The average molecular weight is 261 g/mol. The Hall–Kier alpha value is -1.58. The van der Waals surface area contributed by atoms with Crippen LogP contribution in [0.25, 0.3) is 0 Å². The van der Waals surface area contributed by atoms with E-state index in [9.17, 15) is 0 Å². The lowest BCUT2D eigenvalue weighted by atomic mass is 10.2. The van der Waals surface area contributed by atoms with Gasteiger partial charge in [0.05, 0.1) is 11.4 Å². The number of hydrogen-bond acceptors (Lipinski definition) is 2. The molecule has 0 unspecified atom stereocenters. The minimum absolute atomic E-state index is 0.698. The summed E-state index contributed by atoms with van der Waals surface area (Å²) in [6.07, 6.45) is 0. The number of halogens is 1. The van der Waals surface area contributed by atoms with Crippen LogP contribution in [0.2, 0.25) is 5.02 Å². The molecule has 4 heteroatoms. The van der Waals surface area contributed by atoms with E-state index in [2.05, 4.69) is 10.6 Å². The van der Waals surface area contributed by atoms with Crippen LogP contribution in [-0.2, 0) is 0 Å². The van der Waals surface area contributed by atoms with Crippen molar-refractivity contribution in [3.05, 3.63) is 53.1 Å². The Morgan fingerprint density at radius 3 is 2.59 bits per heavy atom. The molecule has 0 atom stereocenters. The van der Waals surface area contributed by atoms with Crippen LogP contribution in [0.1, 0.15) is 5.56 Å². The summed E-state index contributed by atoms with van der Waals surface area (Å²) in [6, 6.07) is 13.6. The third-order valence-electron chi connectivity index (χ3n) is 2.67. The van der Waals surface area contributed by atoms with Crippen LogP contribution in [0.4, 0.5) is 17.1 Å². The van der Waals surface area contributed by atoms with E-state index in [0.717, 1.165) is 22.6 Å². The van der Waals surface area contributed by atoms with E-state index in [4.69, 9.17) is 23.8 Å². The molecule has 1 heterocycles. The quantitative estimate of drug-likeness (QED) is 0.695. The molecule has 17 heavy (non-hydrogen) atoms. The second-order valence-electron chi connectivity index (χ2n) is 3.81. The van der Waals surface area contributed by atoms with Crippen molar-refractivity contribution in [1.29, 1.82) is 0 Å². The molecule has 0 bridgehead atoms. The molecule has 0 saturated carbocycles. The molecule has 3 rings (SSSR count). The largest absolute Gasteiger partial charge is 0.353 e. The predicted octanol–water partition coefficient (Wildman–Crippen LogP) is 4.18. The van der Waals surface area contributed by atoms with Crippen molar-refractivity contribution in [3.8, 4) is 0 Å². The summed E-state index contributed by atoms with van der Waals surface area (Å²) in [5.41, 5.74) is 3.86. The van der Waals surface area contributed by atoms with Gasteiger partial charge in [0.2, 0.25) is 0 Å². The van der Waals surface area contributed by atoms with Gasteiger partial charge < -0.3 is 10.6 Å². The molecular formula is C13H9ClN2S. The van der Waals surface area contributed by atoms with E-state index in [1.165, 1.54) is 0 Å². The number of hydrogen-bond donors (Lipinski definition) is 2. The SMILES string of the molecule is S=C1Nc2ccc(Cl)cc2Nc2ccccc21. The smallest absolute Gasteiger partial charge is 0.113 e. The third-order valence-corrected chi connectivity index (χ3v) is 3.23. The number of benzene rings is 2. The van der Waals surface area contributed by atoms with Crippen LogP contribution in [0.15, 0.2) is 42.5 Å². The molecule has 0 amide bonds. The normalized spacial score (nSPS) is 12.9. The van der Waals surface area contributed by atoms with Crippen LogP contribution in [0.5, 0.6) is 0 Å². The van der Waals surface area contributed by atoms with Crippen molar-refractivity contribution >= 4 is 45.9 Å². The highest BCUT2D eigenvalue weighted by molar-refractivity contribution is 7.81. The Morgan fingerprint density at radius 2 is 1.71 bits per heavy atom. The fraction of sp³-hybridized carbons (Fsp3) is 0. The Kier molecular flexibility index (Phi) is 2.50. The summed E-state index contributed by atoms with van der Waals surface area (Å²) in [4.78, 5) is 0.717. The van der Waals surface area contributed by atoms with Gasteiger partial charge in [0, 0.05) is 16.3 Å². The van der Waals surface area contributed by atoms with Gasteiger partial charge in [-0.15, -0.1) is 0 Å². The maximum Gasteiger partial charge on any atom is 0.113 e. The zero-order valence-electron chi connectivity index (χ0n) is 8.83. The summed E-state index contributed by atoms with van der Waals surface area (Å²) >= 11 is 11.4. The van der Waals surface area contributed by atoms with Crippen molar-refractivity contribution < 1.29 is 0 Å². The zero-order valence-corrected chi connectivity index (χ0v) is 10.4. The molecule has 1 aliphatic rings. The molecule has 1 aliphatic heterocycles. The highest BCUT2D eigenvalue weighted by Gasteiger charge is 2.15. The molecule has 2 aromatic carbocycles. The topological polar surface area (TPSA) is 24.1 Å². The van der Waals surface area contributed by atoms with Crippen molar-refractivity contribution in [2.75, 3.05) is 10.6 Å². The first-order chi connectivity index (χ1) is 8.24. The highest BCUT2D eigenvalue weighted by atomic mass is 35.5. The maximum absolute atomic E-state index is 5.99. The molecule has 0 saturated heterocycles. The first-order valence-corrected chi connectivity index (χ1v) is 5.99. The number of rotatable bonds is 0. The van der Waals surface area contributed by atoms with E-state index in [0.29, 0.717) is 10.0 Å². The summed E-state index contributed by atoms with van der Waals surface area (Å²) in [7, 11) is 0. The van der Waals surface area contributed by atoms with E-state index in [1.54, 1.807) is 0 Å². The number of nitrogens with one attached hydrogen (secondary N) is 2. The van der Waals surface area contributed by atoms with E-state index in [-0.39, 0.29) is 0 Å². The Morgan fingerprint density at radius 1 is 0.882 bits per heavy atom. The van der Waals surface area contributed by atoms with Crippen LogP contribution >= 0.6 is 23.8 Å². The van der Waals surface area contributed by atoms with Crippen LogP contribution in [0, 0.1) is 0 Å². The van der Waals surface area contributed by atoms with Gasteiger partial charge in [-0.05, 0) is 30.3 Å². The van der Waals surface area contributed by atoms with E-state index < -0.39 is 0 Å². The molecule has 0 aliphatic carbocycles. The molecule has 84 valence electrons. The van der Waals surface area contributed by atoms with Crippen LogP contribution < -0.4 is 10.6 Å². The standard InChI is InChI=1S/C13H9ClN2S/c14-8-5-6-11-12(7-8)15-10-4-2-1-3-9(10)13(17)16-11/h1-7,15H,(H,16,17).